The van der Waals surface area contributed by atoms with Crippen LogP contribution in [0.15, 0.2) is 55.1 Å². The quantitative estimate of drug-likeness (QED) is 0.0466. The van der Waals surface area contributed by atoms with Gasteiger partial charge in [0.25, 0.3) is 3.79 Å². The zero-order chi connectivity index (χ0) is 52.9. The Labute approximate surface area is 448 Å². The van der Waals surface area contributed by atoms with Crippen molar-refractivity contribution in [1.82, 2.24) is 19.1 Å². The Morgan fingerprint density at radius 2 is 0.986 bits per heavy atom. The number of aromatic amines is 2. The summed E-state index contributed by atoms with van der Waals surface area (Å²) in [5.41, 5.74) is 0.450. The van der Waals surface area contributed by atoms with Gasteiger partial charge in [-0.05, 0) is 159 Å². The average Bonchev–Trinajstić information content (AvgIpc) is 4.11. The van der Waals surface area contributed by atoms with Gasteiger partial charge in [0.05, 0.1) is 60.6 Å². The van der Waals surface area contributed by atoms with Gasteiger partial charge in [-0.15, -0.1) is 0 Å². The second-order valence-electron chi connectivity index (χ2n) is 18.9. The molecule has 7 heterocycles. The van der Waals surface area contributed by atoms with Crippen molar-refractivity contribution < 1.29 is 61.3 Å². The maximum atomic E-state index is 11.6. The number of nitrogens with one attached hydrogen (secondary N) is 2. The molecule has 0 aliphatic carbocycles. The maximum Gasteiger partial charge on any atom is 0.496 e. The van der Waals surface area contributed by atoms with E-state index in [1.165, 1.54) is 21.3 Å². The number of carbonyl (C=O) groups is 4. The first-order chi connectivity index (χ1) is 31.5. The van der Waals surface area contributed by atoms with Crippen molar-refractivity contribution in [3.63, 3.8) is 0 Å². The number of ether oxygens (including phenoxy) is 3. The third-order valence-corrected chi connectivity index (χ3v) is 14.0. The Balaban J connectivity index is 0.000000235. The van der Waals surface area contributed by atoms with E-state index in [2.05, 4.69) is 64.6 Å². The van der Waals surface area contributed by atoms with Gasteiger partial charge < -0.3 is 61.2 Å². The van der Waals surface area contributed by atoms with E-state index in [9.17, 15) is 19.2 Å². The topological polar surface area (TPSA) is 193 Å². The summed E-state index contributed by atoms with van der Waals surface area (Å²) in [6.07, 6.45) is 7.03. The minimum atomic E-state index is -1.87. The van der Waals surface area contributed by atoms with Gasteiger partial charge in [-0.25, -0.2) is 14.4 Å². The molecular weight excluding hydrogens is 1190 g/mol. The highest BCUT2D eigenvalue weighted by Crippen LogP contribution is 2.43. The smallest absolute Gasteiger partial charge is 0.464 e. The first-order valence-corrected chi connectivity index (χ1v) is 24.6. The predicted octanol–water partition coefficient (Wildman–Crippen LogP) is 8.75. The Morgan fingerprint density at radius 3 is 1.32 bits per heavy atom. The molecule has 3 aliphatic heterocycles. The molecule has 2 N–H and O–H groups in total. The lowest BCUT2D eigenvalue weighted by Gasteiger charge is -2.32. The average molecular weight is 1250 g/mol. The molecule has 380 valence electrons. The van der Waals surface area contributed by atoms with Crippen molar-refractivity contribution in [3.05, 3.63) is 85.0 Å². The van der Waals surface area contributed by atoms with Crippen LogP contribution in [0.5, 0.6) is 0 Å². The van der Waals surface area contributed by atoms with Gasteiger partial charge in [-0.2, -0.15) is 0 Å². The molecule has 17 nitrogen and oxygen atoms in total. The molecule has 0 saturated carbocycles. The van der Waals surface area contributed by atoms with Crippen LogP contribution in [0.2, 0.25) is 0 Å². The van der Waals surface area contributed by atoms with Gasteiger partial charge >= 0.3 is 39.0 Å². The predicted molar refractivity (Wildman–Crippen MR) is 284 cm³/mol. The zero-order valence-electron chi connectivity index (χ0n) is 42.0. The fourth-order valence-electron chi connectivity index (χ4n) is 6.06. The van der Waals surface area contributed by atoms with Crippen molar-refractivity contribution >= 4 is 130 Å². The number of esters is 3. The van der Waals surface area contributed by atoms with E-state index in [1.54, 1.807) is 58.9 Å². The van der Waals surface area contributed by atoms with Gasteiger partial charge in [-0.1, -0.05) is 34.8 Å². The number of hydrogen-bond acceptors (Lipinski definition) is 13. The Hall–Kier alpha value is -2.52. The van der Waals surface area contributed by atoms with Crippen LogP contribution in [0.1, 0.15) is 125 Å². The number of halogens is 5. The van der Waals surface area contributed by atoms with E-state index in [1.807, 2.05) is 103 Å². The van der Waals surface area contributed by atoms with Gasteiger partial charge in [-0.3, -0.25) is 4.79 Å². The number of methoxy groups -OCH3 is 3. The minimum absolute atomic E-state index is 0.296. The number of nitrogens with zero attached hydrogens (tertiary/aromatic N) is 2. The number of aromatic nitrogens is 4. The monoisotopic (exact) mass is 1250 g/mol. The Morgan fingerprint density at radius 1 is 0.580 bits per heavy atom. The summed E-state index contributed by atoms with van der Waals surface area (Å²) in [7, 11) is 6.29. The molecule has 0 aromatic carbocycles. The van der Waals surface area contributed by atoms with Gasteiger partial charge in [0.15, 0.2) is 0 Å². The number of H-pyrrole nitrogens is 2. The fourth-order valence-corrected chi connectivity index (χ4v) is 7.54. The summed E-state index contributed by atoms with van der Waals surface area (Å²) in [5, 5.41) is 0. The number of Topliss-reactive ketones (excluding diaryl/α,β-unsaturated/α-hetero) is 1. The number of rotatable bonds is 6. The number of aryl methyl sites for hydroxylation is 2. The van der Waals surface area contributed by atoms with Gasteiger partial charge in [0, 0.05) is 51.5 Å². The largest absolute Gasteiger partial charge is 0.496 e. The van der Waals surface area contributed by atoms with Crippen molar-refractivity contribution in [2.24, 2.45) is 14.1 Å². The summed E-state index contributed by atoms with van der Waals surface area (Å²) in [6.45, 7) is 24.2. The van der Waals surface area contributed by atoms with Crippen LogP contribution in [0.4, 0.5) is 0 Å². The third-order valence-electron chi connectivity index (χ3n) is 12.2. The maximum absolute atomic E-state index is 11.6. The van der Waals surface area contributed by atoms with Crippen molar-refractivity contribution in [2.75, 3.05) is 21.3 Å². The first kappa shape index (κ1) is 60.8. The molecule has 69 heavy (non-hydrogen) atoms. The lowest BCUT2D eigenvalue weighted by Crippen LogP contribution is -2.41. The van der Waals surface area contributed by atoms with Crippen molar-refractivity contribution in [3.8, 4) is 0 Å². The van der Waals surface area contributed by atoms with Crippen LogP contribution in [-0.4, -0.2) is 123 Å². The highest BCUT2D eigenvalue weighted by Gasteiger charge is 2.63. The number of ketones is 1. The molecule has 0 unspecified atom stereocenters. The standard InChI is InChI=1S/C13H20BNO4.C12H24B2O4.C7H8INO2.C6H4Cl3NO.C6H6INO2/c1-12(2)13(3,4)19-14(18-12)9-7-10(11(16)17-6)15(5)8-9;1-9(2)10(3,4)16-13(15-9)14-17-11(5,6)12(7,8)18-14;1-9-4-5(8)3-6(9)7(10)11-2;7-6(8,9)5(11)4-2-1-3-10-4;1-10-6(9)5-2-4(7)3-8-5/h7-8H,1-6H3;1-8H3;3-4H,1-2H3;1-3,10H;2-3,8H,1H3. The summed E-state index contributed by atoms with van der Waals surface area (Å²) in [5.74, 6) is -1.55. The Kier molecular flexibility index (Phi) is 20.8. The number of hydrogen-bond donors (Lipinski definition) is 2. The van der Waals surface area contributed by atoms with E-state index in [0.29, 0.717) is 22.8 Å². The summed E-state index contributed by atoms with van der Waals surface area (Å²) in [4.78, 5) is 49.9. The van der Waals surface area contributed by atoms with Crippen molar-refractivity contribution in [1.29, 1.82) is 0 Å². The molecule has 0 spiro atoms. The van der Waals surface area contributed by atoms with Crippen LogP contribution in [-0.2, 0) is 56.2 Å². The number of alkyl halides is 3. The SMILES string of the molecule is CC1(C)OB(B2OC(C)(C)C(C)(C)O2)OC1(C)C.COC(=O)c1cc(B2OC(C)(C)C(C)(C)O2)cn1C.COC(=O)c1cc(I)c[nH]1.COC(=O)c1cc(I)cn1C.O=C(c1ccc[nH]1)C(Cl)(Cl)Cl. The lowest BCUT2D eigenvalue weighted by molar-refractivity contribution is 0.00578. The van der Waals surface area contributed by atoms with Crippen LogP contribution >= 0.6 is 80.0 Å². The second-order valence-corrected chi connectivity index (χ2v) is 23.7. The highest BCUT2D eigenvalue weighted by molar-refractivity contribution is 14.1. The summed E-state index contributed by atoms with van der Waals surface area (Å²) < 4.78 is 53.1. The minimum Gasteiger partial charge on any atom is -0.464 e. The molecule has 7 rings (SSSR count). The van der Waals surface area contributed by atoms with Crippen LogP contribution in [0, 0.1) is 7.14 Å². The molecule has 0 bridgehead atoms. The van der Waals surface area contributed by atoms with E-state index in [4.69, 9.17) is 67.5 Å². The molecular formula is C44H62B3Cl3I2N4O13. The molecule has 0 amide bonds. The van der Waals surface area contributed by atoms with E-state index in [0.717, 1.165) is 12.6 Å². The first-order valence-electron chi connectivity index (χ1n) is 21.3. The molecule has 3 saturated heterocycles. The van der Waals surface area contributed by atoms with Crippen LogP contribution in [0.3, 0.4) is 0 Å². The summed E-state index contributed by atoms with van der Waals surface area (Å²) >= 11 is 20.3. The van der Waals surface area contributed by atoms with Crippen LogP contribution in [0.25, 0.3) is 0 Å². The summed E-state index contributed by atoms with van der Waals surface area (Å²) in [6, 6.07) is 8.46. The highest BCUT2D eigenvalue weighted by atomic mass is 127. The van der Waals surface area contributed by atoms with Crippen molar-refractivity contribution in [2.45, 2.75) is 120 Å². The third kappa shape index (κ3) is 15.5. The molecule has 0 atom stereocenters. The fraction of sp³-hybridized carbons (Fsp3) is 0.545. The molecule has 4 aromatic heterocycles. The van der Waals surface area contributed by atoms with Gasteiger partial charge in [0.1, 0.15) is 17.1 Å². The second kappa shape index (κ2) is 23.6. The Bertz CT molecular complexity index is 2320. The molecule has 25 heteroatoms. The zero-order valence-corrected chi connectivity index (χ0v) is 48.6. The van der Waals surface area contributed by atoms with E-state index >= 15 is 0 Å². The lowest BCUT2D eigenvalue weighted by atomic mass is 9.49. The molecule has 3 aliphatic rings. The van der Waals surface area contributed by atoms with Gasteiger partial charge in [0.2, 0.25) is 5.78 Å². The molecule has 3 fully saturated rings. The molecule has 4 aromatic rings. The normalized spacial score (nSPS) is 18.8. The molecule has 0 radical (unpaired) electrons. The van der Waals surface area contributed by atoms with E-state index in [-0.39, 0.29) is 51.5 Å². The van der Waals surface area contributed by atoms with E-state index < -0.39 is 30.7 Å². The number of carbonyl (C=O) groups excluding carboxylic acids is 4. The van der Waals surface area contributed by atoms with Crippen LogP contribution < -0.4 is 5.46 Å².